The van der Waals surface area contributed by atoms with Gasteiger partial charge >= 0.3 is 6.09 Å². The third kappa shape index (κ3) is 9.32. The highest BCUT2D eigenvalue weighted by Gasteiger charge is 2.18. The molecule has 0 aromatic rings. The Morgan fingerprint density at radius 2 is 1.90 bits per heavy atom. The summed E-state index contributed by atoms with van der Waals surface area (Å²) in [6.45, 7) is 7.43. The summed E-state index contributed by atoms with van der Waals surface area (Å²) in [6.07, 6.45) is 1.47. The van der Waals surface area contributed by atoms with Crippen LogP contribution < -0.4 is 16.8 Å². The fourth-order valence-corrected chi connectivity index (χ4v) is 1.47. The zero-order valence-electron chi connectivity index (χ0n) is 12.7. The first-order valence-electron chi connectivity index (χ1n) is 6.69. The van der Waals surface area contributed by atoms with Crippen LogP contribution in [-0.2, 0) is 9.53 Å². The predicted molar refractivity (Wildman–Crippen MR) is 78.4 cm³/mol. The Kier molecular flexibility index (Phi) is 7.83. The quantitative estimate of drug-likeness (QED) is 0.382. The molecule has 7 heteroatoms. The van der Waals surface area contributed by atoms with Gasteiger partial charge in [-0.3, -0.25) is 15.1 Å². The number of carbonyl (C=O) groups is 2. The summed E-state index contributed by atoms with van der Waals surface area (Å²) in [5.74, 6) is -0.219. The zero-order chi connectivity index (χ0) is 15.8. The number of nitrogens with zero attached hydrogens (tertiary/aromatic N) is 1. The van der Waals surface area contributed by atoms with Crippen LogP contribution in [0.1, 0.15) is 47.0 Å². The second-order valence-electron chi connectivity index (χ2n) is 5.54. The van der Waals surface area contributed by atoms with Gasteiger partial charge in [-0.05, 0) is 53.5 Å². The highest BCUT2D eigenvalue weighted by Crippen LogP contribution is 2.07. The standard InChI is InChI=1S/C13H26N4O3/c1-9(17-12(19)20-13(2,3)4)16-10(11(15)18)7-5-6-8-14/h10H,5-8,14H2,1-4H3,(H2,15,18)(H,16,17,19)/t10-/m0/s1. The van der Waals surface area contributed by atoms with Crippen LogP contribution in [0.3, 0.4) is 0 Å². The molecule has 0 rings (SSSR count). The number of primary amides is 1. The van der Waals surface area contributed by atoms with Crippen LogP contribution in [0.15, 0.2) is 4.99 Å². The SMILES string of the molecule is CC(=N[C@@H](CCCCN)C(N)=O)NC(=O)OC(C)(C)C. The Labute approximate surface area is 120 Å². The number of ether oxygens (including phenoxy) is 1. The van der Waals surface area contributed by atoms with Crippen molar-refractivity contribution in [1.29, 1.82) is 0 Å². The van der Waals surface area contributed by atoms with E-state index < -0.39 is 23.6 Å². The number of hydrogen-bond acceptors (Lipinski definition) is 5. The largest absolute Gasteiger partial charge is 0.444 e. The van der Waals surface area contributed by atoms with E-state index in [1.165, 1.54) is 0 Å². The summed E-state index contributed by atoms with van der Waals surface area (Å²) in [6, 6.07) is -0.656. The van der Waals surface area contributed by atoms with Gasteiger partial charge in [0.25, 0.3) is 0 Å². The molecular weight excluding hydrogens is 260 g/mol. The number of rotatable bonds is 6. The number of nitrogens with one attached hydrogen (secondary N) is 1. The number of amides is 2. The van der Waals surface area contributed by atoms with Gasteiger partial charge in [-0.2, -0.15) is 0 Å². The van der Waals surface area contributed by atoms with Gasteiger partial charge in [0.15, 0.2) is 0 Å². The van der Waals surface area contributed by atoms with Crippen LogP contribution in [0, 0.1) is 0 Å². The van der Waals surface area contributed by atoms with Crippen LogP contribution in [0.2, 0.25) is 0 Å². The minimum Gasteiger partial charge on any atom is -0.444 e. The molecule has 20 heavy (non-hydrogen) atoms. The van der Waals surface area contributed by atoms with Crippen molar-refractivity contribution in [2.45, 2.75) is 58.6 Å². The molecule has 0 heterocycles. The normalized spacial score (nSPS) is 13.8. The minimum atomic E-state index is -0.656. The Bertz CT molecular complexity index is 361. The van der Waals surface area contributed by atoms with E-state index in [0.717, 1.165) is 12.8 Å². The maximum absolute atomic E-state index is 11.5. The van der Waals surface area contributed by atoms with Crippen LogP contribution in [-0.4, -0.2) is 36.0 Å². The first-order chi connectivity index (χ1) is 9.15. The molecule has 0 saturated heterocycles. The van der Waals surface area contributed by atoms with Crippen LogP contribution in [0.25, 0.3) is 0 Å². The van der Waals surface area contributed by atoms with Crippen molar-refractivity contribution in [3.63, 3.8) is 0 Å². The van der Waals surface area contributed by atoms with E-state index in [2.05, 4.69) is 10.3 Å². The van der Waals surface area contributed by atoms with E-state index >= 15 is 0 Å². The first kappa shape index (κ1) is 18.4. The summed E-state index contributed by atoms with van der Waals surface area (Å²) in [7, 11) is 0. The number of amidine groups is 1. The van der Waals surface area contributed by atoms with Gasteiger partial charge in [-0.15, -0.1) is 0 Å². The van der Waals surface area contributed by atoms with Crippen molar-refractivity contribution in [3.05, 3.63) is 0 Å². The van der Waals surface area contributed by atoms with Gasteiger partial charge in [0.05, 0.1) is 0 Å². The second kappa shape index (κ2) is 8.52. The molecule has 0 aliphatic rings. The van der Waals surface area contributed by atoms with Crippen LogP contribution >= 0.6 is 0 Å². The molecule has 0 saturated carbocycles. The molecule has 0 bridgehead atoms. The number of nitrogens with two attached hydrogens (primary N) is 2. The molecule has 5 N–H and O–H groups in total. The van der Waals surface area contributed by atoms with Crippen molar-refractivity contribution in [1.82, 2.24) is 5.32 Å². The average molecular weight is 286 g/mol. The lowest BCUT2D eigenvalue weighted by molar-refractivity contribution is -0.119. The molecule has 2 amide bonds. The molecule has 1 atom stereocenters. The third-order valence-electron chi connectivity index (χ3n) is 2.29. The lowest BCUT2D eigenvalue weighted by atomic mass is 10.1. The second-order valence-corrected chi connectivity index (χ2v) is 5.54. The van der Waals surface area contributed by atoms with Crippen LogP contribution in [0.4, 0.5) is 4.79 Å². The molecule has 0 aromatic heterocycles. The first-order valence-corrected chi connectivity index (χ1v) is 6.69. The number of unbranched alkanes of at least 4 members (excludes halogenated alkanes) is 1. The van der Waals surface area contributed by atoms with Gasteiger partial charge in [-0.1, -0.05) is 0 Å². The van der Waals surface area contributed by atoms with Gasteiger partial charge < -0.3 is 16.2 Å². The summed E-state index contributed by atoms with van der Waals surface area (Å²) >= 11 is 0. The fraction of sp³-hybridized carbons (Fsp3) is 0.769. The van der Waals surface area contributed by atoms with Gasteiger partial charge in [0.1, 0.15) is 17.5 Å². The minimum absolute atomic E-state index is 0.302. The van der Waals surface area contributed by atoms with E-state index in [0.29, 0.717) is 18.8 Å². The number of hydrogen-bond donors (Lipinski definition) is 3. The Morgan fingerprint density at radius 3 is 2.35 bits per heavy atom. The Morgan fingerprint density at radius 1 is 1.30 bits per heavy atom. The molecule has 0 unspecified atom stereocenters. The number of aliphatic imine (C=N–C) groups is 1. The molecule has 0 fully saturated rings. The highest BCUT2D eigenvalue weighted by molar-refractivity contribution is 5.95. The van der Waals surface area contributed by atoms with Gasteiger partial charge in [0.2, 0.25) is 5.91 Å². The zero-order valence-corrected chi connectivity index (χ0v) is 12.7. The molecular formula is C13H26N4O3. The molecule has 0 aromatic carbocycles. The van der Waals surface area contributed by atoms with Crippen molar-refractivity contribution in [2.75, 3.05) is 6.54 Å². The summed E-state index contributed by atoms with van der Waals surface area (Å²) in [5.41, 5.74) is 10.1. The van der Waals surface area contributed by atoms with Crippen LogP contribution in [0.5, 0.6) is 0 Å². The Hall–Kier alpha value is -1.63. The maximum atomic E-state index is 11.5. The van der Waals surface area contributed by atoms with E-state index in [-0.39, 0.29) is 0 Å². The van der Waals surface area contributed by atoms with E-state index in [9.17, 15) is 9.59 Å². The third-order valence-corrected chi connectivity index (χ3v) is 2.29. The monoisotopic (exact) mass is 286 g/mol. The van der Waals surface area contributed by atoms with E-state index in [1.807, 2.05) is 0 Å². The van der Waals surface area contributed by atoms with E-state index in [1.54, 1.807) is 27.7 Å². The predicted octanol–water partition coefficient (Wildman–Crippen LogP) is 0.912. The summed E-state index contributed by atoms with van der Waals surface area (Å²) in [5, 5.41) is 2.47. The maximum Gasteiger partial charge on any atom is 0.413 e. The van der Waals surface area contributed by atoms with E-state index in [4.69, 9.17) is 16.2 Å². The van der Waals surface area contributed by atoms with Crippen molar-refractivity contribution < 1.29 is 14.3 Å². The van der Waals surface area contributed by atoms with Gasteiger partial charge in [-0.25, -0.2) is 4.79 Å². The molecule has 0 radical (unpaired) electrons. The molecule has 0 aliphatic carbocycles. The van der Waals surface area contributed by atoms with Crippen molar-refractivity contribution >= 4 is 17.8 Å². The lowest BCUT2D eigenvalue weighted by Gasteiger charge is -2.19. The molecule has 0 aliphatic heterocycles. The summed E-state index contributed by atoms with van der Waals surface area (Å²) < 4.78 is 5.09. The summed E-state index contributed by atoms with van der Waals surface area (Å²) in [4.78, 5) is 26.9. The lowest BCUT2D eigenvalue weighted by Crippen LogP contribution is -2.37. The Balaban J connectivity index is 4.49. The topological polar surface area (TPSA) is 120 Å². The highest BCUT2D eigenvalue weighted by atomic mass is 16.6. The smallest absolute Gasteiger partial charge is 0.413 e. The molecule has 0 spiro atoms. The van der Waals surface area contributed by atoms with Crippen molar-refractivity contribution in [2.24, 2.45) is 16.5 Å². The van der Waals surface area contributed by atoms with Gasteiger partial charge in [0, 0.05) is 0 Å². The van der Waals surface area contributed by atoms with Crippen molar-refractivity contribution in [3.8, 4) is 0 Å². The molecule has 116 valence electrons. The number of alkyl carbamates (subject to hydrolysis) is 1. The number of carbonyl (C=O) groups excluding carboxylic acids is 2. The fourth-order valence-electron chi connectivity index (χ4n) is 1.47. The molecule has 7 nitrogen and oxygen atoms in total. The average Bonchev–Trinajstić information content (AvgIpc) is 2.24.